The Morgan fingerprint density at radius 3 is 2.94 bits per heavy atom. The van der Waals surface area contributed by atoms with E-state index >= 15 is 0 Å². The summed E-state index contributed by atoms with van der Waals surface area (Å²) in [6.07, 6.45) is 0.431. The first-order valence-corrected chi connectivity index (χ1v) is 5.92. The van der Waals surface area contributed by atoms with Gasteiger partial charge >= 0.3 is 0 Å². The molecule has 1 unspecified atom stereocenters. The molecule has 1 aromatic carbocycles. The number of benzene rings is 1. The number of carbonyl (C=O) groups excluding carboxylic acids is 1. The molecule has 1 aliphatic rings. The summed E-state index contributed by atoms with van der Waals surface area (Å²) in [4.78, 5) is 13.4. The first kappa shape index (κ1) is 12.0. The minimum Gasteiger partial charge on any atom is -0.506 e. The topological polar surface area (TPSA) is 49.8 Å². The van der Waals surface area contributed by atoms with Gasteiger partial charge in [0.05, 0.1) is 12.8 Å². The molecule has 17 heavy (non-hydrogen) atoms. The molecule has 1 fully saturated rings. The Morgan fingerprint density at radius 2 is 2.35 bits per heavy atom. The number of carbonyl (C=O) groups is 1. The fourth-order valence-corrected chi connectivity index (χ4v) is 2.17. The molecule has 4 nitrogen and oxygen atoms in total. The number of rotatable bonds is 3. The summed E-state index contributed by atoms with van der Waals surface area (Å²) < 4.78 is 5.08. The van der Waals surface area contributed by atoms with Gasteiger partial charge in [0.25, 0.3) is 0 Å². The second-order valence-corrected chi connectivity index (χ2v) is 4.39. The predicted molar refractivity (Wildman–Crippen MR) is 65.8 cm³/mol. The molecule has 0 aromatic heterocycles. The Labute approximate surface area is 105 Å². The molecule has 2 rings (SSSR count). The molecule has 92 valence electrons. The third-order valence-electron chi connectivity index (χ3n) is 2.90. The van der Waals surface area contributed by atoms with Crippen LogP contribution in [-0.4, -0.2) is 30.5 Å². The highest BCUT2D eigenvalue weighted by molar-refractivity contribution is 6.18. The molecule has 0 radical (unpaired) electrons. The van der Waals surface area contributed by atoms with E-state index < -0.39 is 0 Å². The monoisotopic (exact) mass is 255 g/mol. The number of amides is 1. The molecule has 0 spiro atoms. The lowest BCUT2D eigenvalue weighted by molar-refractivity contribution is -0.117. The third kappa shape index (κ3) is 2.31. The van der Waals surface area contributed by atoms with Gasteiger partial charge < -0.3 is 14.7 Å². The number of aromatic hydroxyl groups is 1. The van der Waals surface area contributed by atoms with Crippen LogP contribution in [0.25, 0.3) is 0 Å². The smallest absolute Gasteiger partial charge is 0.227 e. The van der Waals surface area contributed by atoms with Crippen molar-refractivity contribution in [1.29, 1.82) is 0 Å². The van der Waals surface area contributed by atoms with Gasteiger partial charge in [-0.15, -0.1) is 11.6 Å². The van der Waals surface area contributed by atoms with Crippen molar-refractivity contribution in [3.63, 3.8) is 0 Å². The van der Waals surface area contributed by atoms with E-state index in [1.165, 1.54) is 6.07 Å². The number of hydrogen-bond acceptors (Lipinski definition) is 3. The highest BCUT2D eigenvalue weighted by Crippen LogP contribution is 2.35. The van der Waals surface area contributed by atoms with Gasteiger partial charge in [-0.2, -0.15) is 0 Å². The molecule has 1 atom stereocenters. The lowest BCUT2D eigenvalue weighted by Crippen LogP contribution is -2.24. The Kier molecular flexibility index (Phi) is 3.43. The highest BCUT2D eigenvalue weighted by Gasteiger charge is 2.31. The Morgan fingerprint density at radius 1 is 1.59 bits per heavy atom. The van der Waals surface area contributed by atoms with Gasteiger partial charge in [-0.05, 0) is 18.1 Å². The molecule has 1 saturated heterocycles. The molecule has 1 aromatic rings. The summed E-state index contributed by atoms with van der Waals surface area (Å²) in [5.41, 5.74) is 0.488. The average molecular weight is 256 g/mol. The van der Waals surface area contributed by atoms with Crippen LogP contribution in [0.3, 0.4) is 0 Å². The molecular weight excluding hydrogens is 242 g/mol. The van der Waals surface area contributed by atoms with E-state index in [4.69, 9.17) is 16.3 Å². The van der Waals surface area contributed by atoms with Crippen LogP contribution in [0.15, 0.2) is 18.2 Å². The number of phenolic OH excluding ortho intramolecular Hbond substituents is 1. The zero-order valence-corrected chi connectivity index (χ0v) is 10.3. The van der Waals surface area contributed by atoms with E-state index in [1.807, 2.05) is 0 Å². The van der Waals surface area contributed by atoms with E-state index in [0.29, 0.717) is 30.3 Å². The summed E-state index contributed by atoms with van der Waals surface area (Å²) in [7, 11) is 1.55. The summed E-state index contributed by atoms with van der Waals surface area (Å²) >= 11 is 5.76. The molecule has 0 saturated carbocycles. The molecule has 5 heteroatoms. The quantitative estimate of drug-likeness (QED) is 0.841. The summed E-state index contributed by atoms with van der Waals surface area (Å²) in [6, 6.07) is 4.83. The van der Waals surface area contributed by atoms with Crippen molar-refractivity contribution in [3.05, 3.63) is 18.2 Å². The lowest BCUT2D eigenvalue weighted by Gasteiger charge is -2.18. The first-order chi connectivity index (χ1) is 8.15. The molecule has 1 N–H and O–H groups in total. The summed E-state index contributed by atoms with van der Waals surface area (Å²) in [6.45, 7) is 0.545. The van der Waals surface area contributed by atoms with Gasteiger partial charge in [0.15, 0.2) is 0 Å². The number of anilines is 1. The maximum absolute atomic E-state index is 11.8. The standard InChI is InChI=1S/C12H14ClNO3/c1-17-9-2-3-11(15)10(5-9)14-7-8(6-13)4-12(14)16/h2-3,5,8,15H,4,6-7H2,1H3. The average Bonchev–Trinajstić information content (AvgIpc) is 2.71. The minimum atomic E-state index is -0.0146. The number of nitrogens with zero attached hydrogens (tertiary/aromatic N) is 1. The van der Waals surface area contributed by atoms with Crippen LogP contribution < -0.4 is 9.64 Å². The fourth-order valence-electron chi connectivity index (χ4n) is 1.96. The molecule has 0 bridgehead atoms. The van der Waals surface area contributed by atoms with Crippen LogP contribution in [0.1, 0.15) is 6.42 Å². The van der Waals surface area contributed by atoms with Gasteiger partial charge in [-0.1, -0.05) is 0 Å². The van der Waals surface area contributed by atoms with Crippen LogP contribution in [-0.2, 0) is 4.79 Å². The SMILES string of the molecule is COc1ccc(O)c(N2CC(CCl)CC2=O)c1. The van der Waals surface area contributed by atoms with E-state index in [0.717, 1.165) is 0 Å². The molecule has 0 aliphatic carbocycles. The highest BCUT2D eigenvalue weighted by atomic mass is 35.5. The van der Waals surface area contributed by atoms with E-state index in [1.54, 1.807) is 24.1 Å². The third-order valence-corrected chi connectivity index (χ3v) is 3.33. The normalized spacial score (nSPS) is 19.8. The number of phenols is 1. The number of halogens is 1. The van der Waals surface area contributed by atoms with E-state index in [2.05, 4.69) is 0 Å². The second-order valence-electron chi connectivity index (χ2n) is 4.08. The van der Waals surface area contributed by atoms with Crippen molar-refractivity contribution in [2.75, 3.05) is 24.4 Å². The molecule has 1 aliphatic heterocycles. The lowest BCUT2D eigenvalue weighted by atomic mass is 10.1. The molecular formula is C12H14ClNO3. The summed E-state index contributed by atoms with van der Waals surface area (Å²) in [5, 5.41) is 9.79. The van der Waals surface area contributed by atoms with Crippen molar-refractivity contribution in [2.45, 2.75) is 6.42 Å². The van der Waals surface area contributed by atoms with E-state index in [-0.39, 0.29) is 17.6 Å². The van der Waals surface area contributed by atoms with Crippen molar-refractivity contribution >= 4 is 23.2 Å². The van der Waals surface area contributed by atoms with Crippen molar-refractivity contribution < 1.29 is 14.6 Å². The Hall–Kier alpha value is -1.42. The number of hydrogen-bond donors (Lipinski definition) is 1. The number of methoxy groups -OCH3 is 1. The van der Waals surface area contributed by atoms with E-state index in [9.17, 15) is 9.90 Å². The Bertz CT molecular complexity index is 436. The fraction of sp³-hybridized carbons (Fsp3) is 0.417. The van der Waals surface area contributed by atoms with Crippen molar-refractivity contribution in [2.24, 2.45) is 5.92 Å². The van der Waals surface area contributed by atoms with Gasteiger partial charge in [0.2, 0.25) is 5.91 Å². The molecule has 1 amide bonds. The minimum absolute atomic E-state index is 0.0146. The van der Waals surface area contributed by atoms with Gasteiger partial charge in [0, 0.05) is 24.9 Å². The van der Waals surface area contributed by atoms with Crippen LogP contribution >= 0.6 is 11.6 Å². The van der Waals surface area contributed by atoms with Crippen LogP contribution in [0.2, 0.25) is 0 Å². The van der Waals surface area contributed by atoms with Gasteiger partial charge in [0.1, 0.15) is 11.5 Å². The maximum atomic E-state index is 11.8. The summed E-state index contributed by atoms with van der Waals surface area (Å²) in [5.74, 6) is 1.27. The predicted octanol–water partition coefficient (Wildman–Crippen LogP) is 1.99. The maximum Gasteiger partial charge on any atom is 0.227 e. The second kappa shape index (κ2) is 4.84. The van der Waals surface area contributed by atoms with Crippen molar-refractivity contribution in [1.82, 2.24) is 0 Å². The zero-order chi connectivity index (χ0) is 12.4. The van der Waals surface area contributed by atoms with Crippen LogP contribution in [0.5, 0.6) is 11.5 Å². The largest absolute Gasteiger partial charge is 0.506 e. The zero-order valence-electron chi connectivity index (χ0n) is 9.52. The van der Waals surface area contributed by atoms with Gasteiger partial charge in [-0.3, -0.25) is 4.79 Å². The Balaban J connectivity index is 2.30. The number of alkyl halides is 1. The van der Waals surface area contributed by atoms with Crippen LogP contribution in [0, 0.1) is 5.92 Å². The first-order valence-electron chi connectivity index (χ1n) is 5.39. The van der Waals surface area contributed by atoms with Crippen molar-refractivity contribution in [3.8, 4) is 11.5 Å². The van der Waals surface area contributed by atoms with Crippen LogP contribution in [0.4, 0.5) is 5.69 Å². The number of ether oxygens (including phenoxy) is 1. The van der Waals surface area contributed by atoms with Gasteiger partial charge in [-0.25, -0.2) is 0 Å². The molecule has 1 heterocycles.